The Hall–Kier alpha value is -2.20. The Morgan fingerprint density at radius 1 is 0.759 bits per heavy atom. The predicted molar refractivity (Wildman–Crippen MR) is 97.4 cm³/mol. The van der Waals surface area contributed by atoms with Gasteiger partial charge in [-0.05, 0) is 6.42 Å². The second-order valence-corrected chi connectivity index (χ2v) is 6.65. The van der Waals surface area contributed by atoms with Gasteiger partial charge in [-0.3, -0.25) is 19.2 Å². The van der Waals surface area contributed by atoms with Gasteiger partial charge < -0.3 is 28.4 Å². The van der Waals surface area contributed by atoms with E-state index in [1.807, 2.05) is 6.92 Å². The number of rotatable bonds is 10. The Kier molecular flexibility index (Phi) is 10.6. The molecule has 166 valence electrons. The Balaban J connectivity index is 3.17. The molecule has 0 amide bonds. The molecule has 1 fully saturated rings. The number of hydrogen-bond acceptors (Lipinski definition) is 10. The molecule has 0 radical (unpaired) electrons. The van der Waals surface area contributed by atoms with E-state index < -0.39 is 54.6 Å². The van der Waals surface area contributed by atoms with E-state index in [0.717, 1.165) is 19.3 Å². The maximum absolute atomic E-state index is 11.7. The highest BCUT2D eigenvalue weighted by Crippen LogP contribution is 2.30. The van der Waals surface area contributed by atoms with Crippen LogP contribution in [0.2, 0.25) is 0 Å². The molecule has 1 saturated heterocycles. The number of esters is 4. The van der Waals surface area contributed by atoms with E-state index in [-0.39, 0.29) is 6.61 Å². The van der Waals surface area contributed by atoms with Crippen molar-refractivity contribution in [2.45, 2.75) is 84.6 Å². The van der Waals surface area contributed by atoms with Crippen LogP contribution in [0.4, 0.5) is 0 Å². The zero-order valence-electron chi connectivity index (χ0n) is 17.5. The molecular formula is C19H30O10. The molecule has 29 heavy (non-hydrogen) atoms. The minimum Gasteiger partial charge on any atom is -0.463 e. The van der Waals surface area contributed by atoms with E-state index >= 15 is 0 Å². The van der Waals surface area contributed by atoms with E-state index in [2.05, 4.69) is 0 Å². The third-order valence-corrected chi connectivity index (χ3v) is 3.98. The molecule has 0 unspecified atom stereocenters. The van der Waals surface area contributed by atoms with Crippen LogP contribution in [-0.2, 0) is 47.6 Å². The number of carbonyl (C=O) groups is 4. The average molecular weight is 418 g/mol. The van der Waals surface area contributed by atoms with Gasteiger partial charge in [-0.15, -0.1) is 0 Å². The highest BCUT2D eigenvalue weighted by Gasteiger charge is 2.52. The van der Waals surface area contributed by atoms with Gasteiger partial charge in [0.05, 0.1) is 0 Å². The molecule has 10 heteroatoms. The third kappa shape index (κ3) is 8.78. The minimum atomic E-state index is -1.20. The zero-order chi connectivity index (χ0) is 22.0. The molecule has 0 spiro atoms. The summed E-state index contributed by atoms with van der Waals surface area (Å²) >= 11 is 0. The van der Waals surface area contributed by atoms with Crippen molar-refractivity contribution in [1.82, 2.24) is 0 Å². The van der Waals surface area contributed by atoms with Gasteiger partial charge in [-0.2, -0.15) is 0 Å². The molecule has 0 aromatic rings. The van der Waals surface area contributed by atoms with Crippen molar-refractivity contribution in [1.29, 1.82) is 0 Å². The molecule has 0 N–H and O–H groups in total. The van der Waals surface area contributed by atoms with Gasteiger partial charge in [-0.1, -0.05) is 19.8 Å². The van der Waals surface area contributed by atoms with Gasteiger partial charge in [0.25, 0.3) is 0 Å². The summed E-state index contributed by atoms with van der Waals surface area (Å²) in [5.41, 5.74) is 0. The Morgan fingerprint density at radius 3 is 1.83 bits per heavy atom. The highest BCUT2D eigenvalue weighted by molar-refractivity contribution is 5.68. The van der Waals surface area contributed by atoms with E-state index in [9.17, 15) is 19.2 Å². The fourth-order valence-corrected chi connectivity index (χ4v) is 2.87. The largest absolute Gasteiger partial charge is 0.463 e. The normalized spacial score (nSPS) is 26.3. The van der Waals surface area contributed by atoms with Crippen molar-refractivity contribution in [3.05, 3.63) is 0 Å². The number of ether oxygens (including phenoxy) is 6. The van der Waals surface area contributed by atoms with Gasteiger partial charge in [-0.25, -0.2) is 0 Å². The van der Waals surface area contributed by atoms with E-state index in [1.165, 1.54) is 27.7 Å². The van der Waals surface area contributed by atoms with Crippen LogP contribution in [0, 0.1) is 0 Å². The lowest BCUT2D eigenvalue weighted by Gasteiger charge is -2.44. The second-order valence-electron chi connectivity index (χ2n) is 6.65. The van der Waals surface area contributed by atoms with Crippen LogP contribution >= 0.6 is 0 Å². The molecular weight excluding hydrogens is 388 g/mol. The summed E-state index contributed by atoms with van der Waals surface area (Å²) in [6.07, 6.45) is -3.00. The smallest absolute Gasteiger partial charge is 0.303 e. The summed E-state index contributed by atoms with van der Waals surface area (Å²) < 4.78 is 32.4. The Labute approximate surface area is 170 Å². The quantitative estimate of drug-likeness (QED) is 0.291. The van der Waals surface area contributed by atoms with Crippen LogP contribution in [0.5, 0.6) is 0 Å². The second kappa shape index (κ2) is 12.4. The van der Waals surface area contributed by atoms with E-state index in [4.69, 9.17) is 28.4 Å². The Bertz CT molecular complexity index is 575. The van der Waals surface area contributed by atoms with Crippen LogP contribution in [0.15, 0.2) is 0 Å². The van der Waals surface area contributed by atoms with Gasteiger partial charge in [0.2, 0.25) is 0 Å². The first kappa shape index (κ1) is 24.8. The van der Waals surface area contributed by atoms with E-state index in [1.54, 1.807) is 0 Å². The standard InChI is InChI=1S/C19H30O10/c1-6-7-8-9-24-19-18(28-14(5)23)17(27-13(4)22)16(26-12(3)21)15(29-19)10-25-11(2)20/h15-19H,6-10H2,1-5H3/t15-,16+,17+,18-,19-/m1/s1. The first-order valence-electron chi connectivity index (χ1n) is 9.57. The molecule has 5 atom stereocenters. The maximum Gasteiger partial charge on any atom is 0.303 e. The van der Waals surface area contributed by atoms with Crippen LogP contribution in [0.1, 0.15) is 53.9 Å². The lowest BCUT2D eigenvalue weighted by molar-refractivity contribution is -0.308. The fourth-order valence-electron chi connectivity index (χ4n) is 2.87. The van der Waals surface area contributed by atoms with Gasteiger partial charge in [0.1, 0.15) is 12.7 Å². The van der Waals surface area contributed by atoms with Crippen LogP contribution in [0.25, 0.3) is 0 Å². The van der Waals surface area contributed by atoms with Gasteiger partial charge >= 0.3 is 23.9 Å². The van der Waals surface area contributed by atoms with E-state index in [0.29, 0.717) is 6.61 Å². The molecule has 0 saturated carbocycles. The predicted octanol–water partition coefficient (Wildman–Crippen LogP) is 1.28. The lowest BCUT2D eigenvalue weighted by atomic mass is 9.98. The van der Waals surface area contributed by atoms with Gasteiger partial charge in [0, 0.05) is 34.3 Å². The van der Waals surface area contributed by atoms with Crippen LogP contribution in [0.3, 0.4) is 0 Å². The van der Waals surface area contributed by atoms with Crippen LogP contribution in [-0.4, -0.2) is 67.8 Å². The number of hydrogen-bond donors (Lipinski definition) is 0. The molecule has 1 rings (SSSR count). The SMILES string of the molecule is CCCCCO[C@@H]1O[C@H](COC(C)=O)[C@H](OC(C)=O)[C@H](OC(C)=O)[C@H]1OC(C)=O. The van der Waals surface area contributed by atoms with Crippen molar-refractivity contribution in [3.8, 4) is 0 Å². The summed E-state index contributed by atoms with van der Waals surface area (Å²) in [6, 6.07) is 0. The molecule has 0 bridgehead atoms. The first-order chi connectivity index (χ1) is 13.6. The van der Waals surface area contributed by atoms with Crippen molar-refractivity contribution >= 4 is 23.9 Å². The topological polar surface area (TPSA) is 124 Å². The van der Waals surface area contributed by atoms with Crippen molar-refractivity contribution in [2.75, 3.05) is 13.2 Å². The lowest BCUT2D eigenvalue weighted by Crippen LogP contribution is -2.63. The average Bonchev–Trinajstić information content (AvgIpc) is 2.60. The first-order valence-corrected chi connectivity index (χ1v) is 9.57. The minimum absolute atomic E-state index is 0.271. The van der Waals surface area contributed by atoms with Gasteiger partial charge in [0.15, 0.2) is 24.6 Å². The third-order valence-electron chi connectivity index (χ3n) is 3.98. The highest BCUT2D eigenvalue weighted by atomic mass is 16.7. The number of unbranched alkanes of at least 4 members (excludes halogenated alkanes) is 2. The maximum atomic E-state index is 11.7. The molecule has 1 heterocycles. The summed E-state index contributed by atoms with van der Waals surface area (Å²) in [4.78, 5) is 46.2. The monoisotopic (exact) mass is 418 g/mol. The van der Waals surface area contributed by atoms with Crippen molar-refractivity contribution < 1.29 is 47.6 Å². The molecule has 1 aliphatic rings. The zero-order valence-corrected chi connectivity index (χ0v) is 17.5. The van der Waals surface area contributed by atoms with Crippen molar-refractivity contribution in [2.24, 2.45) is 0 Å². The molecule has 1 aliphatic heterocycles. The number of carbonyl (C=O) groups excluding carboxylic acids is 4. The summed E-state index contributed by atoms with van der Waals surface area (Å²) in [5.74, 6) is -2.57. The Morgan fingerprint density at radius 2 is 1.31 bits per heavy atom. The van der Waals surface area contributed by atoms with Crippen molar-refractivity contribution in [3.63, 3.8) is 0 Å². The molecule has 0 aliphatic carbocycles. The summed E-state index contributed by atoms with van der Waals surface area (Å²) in [7, 11) is 0. The van der Waals surface area contributed by atoms with Crippen LogP contribution < -0.4 is 0 Å². The molecule has 0 aromatic heterocycles. The fraction of sp³-hybridized carbons (Fsp3) is 0.789. The molecule has 10 nitrogen and oxygen atoms in total. The summed E-state index contributed by atoms with van der Waals surface area (Å²) in [5, 5.41) is 0. The summed E-state index contributed by atoms with van der Waals surface area (Å²) in [6.45, 7) is 6.81. The molecule has 0 aromatic carbocycles.